The fourth-order valence-corrected chi connectivity index (χ4v) is 1.11. The van der Waals surface area contributed by atoms with E-state index < -0.39 is 5.97 Å². The van der Waals surface area contributed by atoms with Crippen LogP contribution in [0.3, 0.4) is 0 Å². The number of carboxylic acids is 1. The molecule has 0 fully saturated rings. The molecule has 2 heterocycles. The number of hydrogen-bond donors (Lipinski definition) is 1. The van der Waals surface area contributed by atoms with Crippen LogP contribution in [0.15, 0.2) is 18.3 Å². The number of hydrogen-bond acceptors (Lipinski definition) is 3. The van der Waals surface area contributed by atoms with Crippen LogP contribution in [0.2, 0.25) is 0 Å². The molecule has 1 N–H and O–H groups in total. The maximum absolute atomic E-state index is 10.6. The SMILES string of the molecule is Cc1cn2nc(C(=O)O)ccc2n1. The largest absolute Gasteiger partial charge is 0.476 e. The van der Waals surface area contributed by atoms with E-state index in [-0.39, 0.29) is 5.69 Å². The van der Waals surface area contributed by atoms with Crippen LogP contribution in [0.4, 0.5) is 0 Å². The number of rotatable bonds is 1. The van der Waals surface area contributed by atoms with E-state index in [0.29, 0.717) is 5.65 Å². The summed E-state index contributed by atoms with van der Waals surface area (Å²) in [6.07, 6.45) is 1.68. The van der Waals surface area contributed by atoms with E-state index in [1.54, 1.807) is 12.3 Å². The fraction of sp³-hybridized carbons (Fsp3) is 0.125. The first-order chi connectivity index (χ1) is 6.16. The lowest BCUT2D eigenvalue weighted by atomic mass is 10.4. The molecule has 0 amide bonds. The Morgan fingerprint density at radius 2 is 2.31 bits per heavy atom. The number of aromatic nitrogens is 3. The molecule has 5 heteroatoms. The first-order valence-corrected chi connectivity index (χ1v) is 3.73. The van der Waals surface area contributed by atoms with Gasteiger partial charge in [-0.15, -0.1) is 0 Å². The average molecular weight is 177 g/mol. The third-order valence-corrected chi connectivity index (χ3v) is 1.66. The highest BCUT2D eigenvalue weighted by Crippen LogP contribution is 2.03. The summed E-state index contributed by atoms with van der Waals surface area (Å²) < 4.78 is 1.46. The lowest BCUT2D eigenvalue weighted by molar-refractivity contribution is 0.0689. The molecule has 0 unspecified atom stereocenters. The summed E-state index contributed by atoms with van der Waals surface area (Å²) in [5.41, 5.74) is 1.49. The average Bonchev–Trinajstić information content (AvgIpc) is 2.42. The second kappa shape index (κ2) is 2.55. The molecule has 2 aromatic heterocycles. The lowest BCUT2D eigenvalue weighted by Crippen LogP contribution is -2.03. The molecular formula is C8H7N3O2. The first-order valence-electron chi connectivity index (χ1n) is 3.73. The van der Waals surface area contributed by atoms with Crippen molar-refractivity contribution in [1.29, 1.82) is 0 Å². The van der Waals surface area contributed by atoms with Gasteiger partial charge in [0.2, 0.25) is 0 Å². The van der Waals surface area contributed by atoms with Crippen molar-refractivity contribution in [2.45, 2.75) is 6.92 Å². The molecule has 0 aromatic carbocycles. The van der Waals surface area contributed by atoms with Crippen LogP contribution in [0, 0.1) is 6.92 Å². The summed E-state index contributed by atoms with van der Waals surface area (Å²) in [4.78, 5) is 14.7. The predicted octanol–water partition coefficient (Wildman–Crippen LogP) is 0.736. The van der Waals surface area contributed by atoms with Crippen LogP contribution in [0.25, 0.3) is 5.65 Å². The van der Waals surface area contributed by atoms with Gasteiger partial charge in [-0.3, -0.25) is 0 Å². The Morgan fingerprint density at radius 1 is 1.54 bits per heavy atom. The third kappa shape index (κ3) is 1.24. The molecule has 0 aliphatic heterocycles. The molecule has 0 atom stereocenters. The molecule has 13 heavy (non-hydrogen) atoms. The van der Waals surface area contributed by atoms with Gasteiger partial charge in [0.1, 0.15) is 0 Å². The molecule has 0 aliphatic rings. The van der Waals surface area contributed by atoms with E-state index in [4.69, 9.17) is 5.11 Å². The molecule has 5 nitrogen and oxygen atoms in total. The maximum atomic E-state index is 10.6. The molecule has 0 saturated carbocycles. The number of imidazole rings is 1. The summed E-state index contributed by atoms with van der Waals surface area (Å²) in [5.74, 6) is -1.03. The molecule has 0 saturated heterocycles. The minimum absolute atomic E-state index is 0.0184. The summed E-state index contributed by atoms with van der Waals surface area (Å²) in [6, 6.07) is 3.06. The summed E-state index contributed by atoms with van der Waals surface area (Å²) in [5, 5.41) is 12.5. The first kappa shape index (κ1) is 7.72. The summed E-state index contributed by atoms with van der Waals surface area (Å²) >= 11 is 0. The smallest absolute Gasteiger partial charge is 0.356 e. The van der Waals surface area contributed by atoms with Crippen LogP contribution >= 0.6 is 0 Å². The normalized spacial score (nSPS) is 10.5. The summed E-state index contributed by atoms with van der Waals surface area (Å²) in [7, 11) is 0. The summed E-state index contributed by atoms with van der Waals surface area (Å²) in [6.45, 7) is 1.83. The second-order valence-corrected chi connectivity index (χ2v) is 2.71. The Bertz CT molecular complexity index is 475. The molecule has 2 rings (SSSR count). The zero-order valence-corrected chi connectivity index (χ0v) is 6.93. The standard InChI is InChI=1S/C8H7N3O2/c1-5-4-11-7(9-5)3-2-6(10-11)8(12)13/h2-4H,1H3,(H,12,13). The van der Waals surface area contributed by atoms with E-state index in [1.165, 1.54) is 10.6 Å². The molecule has 0 radical (unpaired) electrons. The van der Waals surface area contributed by atoms with Gasteiger partial charge in [-0.1, -0.05) is 0 Å². The van der Waals surface area contributed by atoms with E-state index in [0.717, 1.165) is 5.69 Å². The Hall–Kier alpha value is -1.91. The molecule has 0 aliphatic carbocycles. The van der Waals surface area contributed by atoms with Crippen molar-refractivity contribution in [1.82, 2.24) is 14.6 Å². The zero-order chi connectivity index (χ0) is 9.42. The van der Waals surface area contributed by atoms with Crippen molar-refractivity contribution in [2.75, 3.05) is 0 Å². The second-order valence-electron chi connectivity index (χ2n) is 2.71. The van der Waals surface area contributed by atoms with Crippen molar-refractivity contribution in [3.05, 3.63) is 29.7 Å². The van der Waals surface area contributed by atoms with E-state index in [1.807, 2.05) is 6.92 Å². The quantitative estimate of drug-likeness (QED) is 0.697. The van der Waals surface area contributed by atoms with Crippen molar-refractivity contribution >= 4 is 11.6 Å². The third-order valence-electron chi connectivity index (χ3n) is 1.66. The Morgan fingerprint density at radius 3 is 3.00 bits per heavy atom. The number of nitrogens with zero attached hydrogens (tertiary/aromatic N) is 3. The van der Waals surface area contributed by atoms with Gasteiger partial charge in [0.25, 0.3) is 0 Å². The van der Waals surface area contributed by atoms with E-state index in [9.17, 15) is 4.79 Å². The molecular weight excluding hydrogens is 170 g/mol. The maximum Gasteiger partial charge on any atom is 0.356 e. The highest BCUT2D eigenvalue weighted by Gasteiger charge is 2.06. The van der Waals surface area contributed by atoms with Crippen molar-refractivity contribution in [3.63, 3.8) is 0 Å². The van der Waals surface area contributed by atoms with Gasteiger partial charge in [0, 0.05) is 0 Å². The number of carboxylic acid groups (broad SMARTS) is 1. The molecule has 2 aromatic rings. The Balaban J connectivity index is 2.67. The predicted molar refractivity (Wildman–Crippen MR) is 44.7 cm³/mol. The van der Waals surface area contributed by atoms with Crippen LogP contribution in [0.1, 0.15) is 16.2 Å². The lowest BCUT2D eigenvalue weighted by Gasteiger charge is -1.93. The van der Waals surface area contributed by atoms with Crippen LogP contribution in [-0.4, -0.2) is 25.7 Å². The highest BCUT2D eigenvalue weighted by atomic mass is 16.4. The van der Waals surface area contributed by atoms with Crippen LogP contribution in [0.5, 0.6) is 0 Å². The van der Waals surface area contributed by atoms with E-state index in [2.05, 4.69) is 10.1 Å². The monoisotopic (exact) mass is 177 g/mol. The minimum Gasteiger partial charge on any atom is -0.476 e. The number of fused-ring (bicyclic) bond motifs is 1. The van der Waals surface area contributed by atoms with Gasteiger partial charge in [-0.2, -0.15) is 5.10 Å². The molecule has 0 spiro atoms. The van der Waals surface area contributed by atoms with Gasteiger partial charge in [-0.05, 0) is 19.1 Å². The van der Waals surface area contributed by atoms with Gasteiger partial charge in [-0.25, -0.2) is 14.3 Å². The topological polar surface area (TPSA) is 67.5 Å². The molecule has 0 bridgehead atoms. The minimum atomic E-state index is -1.03. The zero-order valence-electron chi connectivity index (χ0n) is 6.93. The van der Waals surface area contributed by atoms with Crippen LogP contribution in [-0.2, 0) is 0 Å². The molecule has 66 valence electrons. The van der Waals surface area contributed by atoms with Gasteiger partial charge >= 0.3 is 5.97 Å². The van der Waals surface area contributed by atoms with Gasteiger partial charge in [0.15, 0.2) is 11.3 Å². The Labute approximate surface area is 73.6 Å². The van der Waals surface area contributed by atoms with E-state index >= 15 is 0 Å². The highest BCUT2D eigenvalue weighted by molar-refractivity contribution is 5.85. The van der Waals surface area contributed by atoms with Gasteiger partial charge in [0.05, 0.1) is 11.9 Å². The Kier molecular flexibility index (Phi) is 1.51. The number of carbonyl (C=O) groups is 1. The van der Waals surface area contributed by atoms with Gasteiger partial charge < -0.3 is 5.11 Å². The van der Waals surface area contributed by atoms with Crippen molar-refractivity contribution < 1.29 is 9.90 Å². The number of aromatic carboxylic acids is 1. The fourth-order valence-electron chi connectivity index (χ4n) is 1.11. The van der Waals surface area contributed by atoms with Crippen LogP contribution < -0.4 is 0 Å². The van der Waals surface area contributed by atoms with Crippen molar-refractivity contribution in [2.24, 2.45) is 0 Å². The number of aryl methyl sites for hydroxylation is 1. The van der Waals surface area contributed by atoms with Crippen molar-refractivity contribution in [3.8, 4) is 0 Å².